The van der Waals surface area contributed by atoms with E-state index >= 15 is 0 Å². The van der Waals surface area contributed by atoms with Crippen LogP contribution >= 0.6 is 23.1 Å². The minimum absolute atomic E-state index is 0.112. The molecule has 7 heteroatoms. The fourth-order valence-electron chi connectivity index (χ4n) is 1.28. The van der Waals surface area contributed by atoms with Crippen molar-refractivity contribution in [3.8, 4) is 0 Å². The van der Waals surface area contributed by atoms with Gasteiger partial charge in [0.05, 0.1) is 0 Å². The van der Waals surface area contributed by atoms with Crippen LogP contribution in [0.4, 0.5) is 0 Å². The molecule has 0 bridgehead atoms. The van der Waals surface area contributed by atoms with E-state index in [-0.39, 0.29) is 5.84 Å². The number of aryl methyl sites for hydroxylation is 1. The molecular formula is C10H10N4OS2. The van der Waals surface area contributed by atoms with Crippen LogP contribution in [-0.4, -0.2) is 21.2 Å². The fourth-order valence-corrected chi connectivity index (χ4v) is 2.78. The molecule has 0 radical (unpaired) electrons. The van der Waals surface area contributed by atoms with Crippen LogP contribution in [0.5, 0.6) is 0 Å². The van der Waals surface area contributed by atoms with Crippen molar-refractivity contribution in [1.82, 2.24) is 10.2 Å². The van der Waals surface area contributed by atoms with Gasteiger partial charge in [0.25, 0.3) is 0 Å². The van der Waals surface area contributed by atoms with E-state index in [4.69, 9.17) is 10.9 Å². The molecule has 0 saturated carbocycles. The largest absolute Gasteiger partial charge is 0.409 e. The number of hydrogen-bond donors (Lipinski definition) is 2. The standard InChI is InChI=1S/C10H10N4OS2/c1-6-4-7(9(11)14-15)2-3-8(6)17-10-13-12-5-16-10/h2-5,15H,1H3,(H2,11,14). The summed E-state index contributed by atoms with van der Waals surface area (Å²) in [5.41, 5.74) is 8.97. The van der Waals surface area contributed by atoms with Gasteiger partial charge >= 0.3 is 0 Å². The molecule has 0 amide bonds. The van der Waals surface area contributed by atoms with Gasteiger partial charge in [-0.2, -0.15) is 0 Å². The van der Waals surface area contributed by atoms with Crippen molar-refractivity contribution in [1.29, 1.82) is 0 Å². The third-order valence-electron chi connectivity index (χ3n) is 2.12. The molecule has 1 aromatic heterocycles. The summed E-state index contributed by atoms with van der Waals surface area (Å²) >= 11 is 3.04. The van der Waals surface area contributed by atoms with E-state index in [9.17, 15) is 0 Å². The predicted octanol–water partition coefficient (Wildman–Crippen LogP) is 2.09. The summed E-state index contributed by atoms with van der Waals surface area (Å²) in [6, 6.07) is 5.61. The maximum Gasteiger partial charge on any atom is 0.178 e. The van der Waals surface area contributed by atoms with Crippen molar-refractivity contribution >= 4 is 28.9 Å². The molecule has 0 spiro atoms. The second-order valence-electron chi connectivity index (χ2n) is 3.27. The summed E-state index contributed by atoms with van der Waals surface area (Å²) in [5, 5.41) is 19.3. The fraction of sp³-hybridized carbons (Fsp3) is 0.100. The van der Waals surface area contributed by atoms with Crippen molar-refractivity contribution < 1.29 is 5.21 Å². The first-order valence-electron chi connectivity index (χ1n) is 4.73. The van der Waals surface area contributed by atoms with Crippen LogP contribution < -0.4 is 5.73 Å². The minimum Gasteiger partial charge on any atom is -0.409 e. The summed E-state index contributed by atoms with van der Waals surface area (Å²) in [6.07, 6.45) is 0. The lowest BCUT2D eigenvalue weighted by Gasteiger charge is -2.05. The summed E-state index contributed by atoms with van der Waals surface area (Å²) in [5.74, 6) is 0.112. The van der Waals surface area contributed by atoms with E-state index in [0.29, 0.717) is 5.56 Å². The molecule has 88 valence electrons. The number of nitrogens with two attached hydrogens (primary N) is 1. The van der Waals surface area contributed by atoms with Crippen LogP contribution in [0.3, 0.4) is 0 Å². The van der Waals surface area contributed by atoms with Crippen molar-refractivity contribution in [2.75, 3.05) is 0 Å². The number of rotatable bonds is 3. The smallest absolute Gasteiger partial charge is 0.178 e. The monoisotopic (exact) mass is 266 g/mol. The molecule has 0 aliphatic rings. The minimum atomic E-state index is 0.112. The summed E-state index contributed by atoms with van der Waals surface area (Å²) in [7, 11) is 0. The van der Waals surface area contributed by atoms with E-state index < -0.39 is 0 Å². The average molecular weight is 266 g/mol. The van der Waals surface area contributed by atoms with Crippen LogP contribution in [0.15, 0.2) is 38.1 Å². The zero-order valence-electron chi connectivity index (χ0n) is 8.99. The van der Waals surface area contributed by atoms with Gasteiger partial charge in [-0.3, -0.25) is 0 Å². The quantitative estimate of drug-likeness (QED) is 0.384. The maximum absolute atomic E-state index is 8.60. The molecule has 0 fully saturated rings. The SMILES string of the molecule is Cc1cc(/C(N)=N/O)ccc1Sc1nncs1. The summed E-state index contributed by atoms with van der Waals surface area (Å²) < 4.78 is 0.893. The first-order chi connectivity index (χ1) is 8.20. The molecule has 17 heavy (non-hydrogen) atoms. The first kappa shape index (κ1) is 11.9. The van der Waals surface area contributed by atoms with Gasteiger partial charge in [0, 0.05) is 10.5 Å². The molecule has 0 saturated heterocycles. The van der Waals surface area contributed by atoms with Crippen LogP contribution in [-0.2, 0) is 0 Å². The van der Waals surface area contributed by atoms with Crippen LogP contribution in [0.2, 0.25) is 0 Å². The number of aromatic nitrogens is 2. The van der Waals surface area contributed by atoms with Crippen LogP contribution in [0.25, 0.3) is 0 Å². The third-order valence-corrected chi connectivity index (χ3v) is 4.07. The number of benzene rings is 1. The zero-order valence-corrected chi connectivity index (χ0v) is 10.6. The molecule has 0 unspecified atom stereocenters. The summed E-state index contributed by atoms with van der Waals surface area (Å²) in [6.45, 7) is 1.97. The maximum atomic E-state index is 8.60. The second-order valence-corrected chi connectivity index (χ2v) is 5.39. The first-order valence-corrected chi connectivity index (χ1v) is 6.43. The number of hydrogen-bond acceptors (Lipinski definition) is 6. The topological polar surface area (TPSA) is 84.4 Å². The Morgan fingerprint density at radius 3 is 2.94 bits per heavy atom. The molecule has 3 N–H and O–H groups in total. The van der Waals surface area contributed by atoms with E-state index in [2.05, 4.69) is 15.4 Å². The highest BCUT2D eigenvalue weighted by atomic mass is 32.2. The lowest BCUT2D eigenvalue weighted by molar-refractivity contribution is 0.318. The van der Waals surface area contributed by atoms with Gasteiger partial charge < -0.3 is 10.9 Å². The van der Waals surface area contributed by atoms with Crippen LogP contribution in [0.1, 0.15) is 11.1 Å². The van der Waals surface area contributed by atoms with Gasteiger partial charge in [-0.1, -0.05) is 34.3 Å². The van der Waals surface area contributed by atoms with Gasteiger partial charge in [0.2, 0.25) is 0 Å². The second kappa shape index (κ2) is 5.15. The highest BCUT2D eigenvalue weighted by Crippen LogP contribution is 2.31. The molecule has 0 aliphatic heterocycles. The predicted molar refractivity (Wildman–Crippen MR) is 67.7 cm³/mol. The Morgan fingerprint density at radius 1 is 1.53 bits per heavy atom. The van der Waals surface area contributed by atoms with Gasteiger partial charge in [-0.15, -0.1) is 10.2 Å². The molecule has 2 aromatic rings. The highest BCUT2D eigenvalue weighted by molar-refractivity contribution is 8.01. The van der Waals surface area contributed by atoms with Gasteiger partial charge in [-0.25, -0.2) is 0 Å². The molecule has 0 atom stereocenters. The molecule has 1 heterocycles. The van der Waals surface area contributed by atoms with Gasteiger partial charge in [0.1, 0.15) is 5.51 Å². The van der Waals surface area contributed by atoms with E-state index in [1.54, 1.807) is 17.3 Å². The number of amidine groups is 1. The lowest BCUT2D eigenvalue weighted by atomic mass is 10.1. The summed E-state index contributed by atoms with van der Waals surface area (Å²) in [4.78, 5) is 1.08. The van der Waals surface area contributed by atoms with Gasteiger partial charge in [0.15, 0.2) is 10.2 Å². The molecule has 5 nitrogen and oxygen atoms in total. The van der Waals surface area contributed by atoms with Crippen molar-refractivity contribution in [2.45, 2.75) is 16.2 Å². The Morgan fingerprint density at radius 2 is 2.35 bits per heavy atom. The van der Waals surface area contributed by atoms with Crippen molar-refractivity contribution in [3.63, 3.8) is 0 Å². The third kappa shape index (κ3) is 2.75. The van der Waals surface area contributed by atoms with E-state index in [1.165, 1.54) is 11.3 Å². The molecular weight excluding hydrogens is 256 g/mol. The Kier molecular flexibility index (Phi) is 3.60. The molecule has 2 rings (SSSR count). The van der Waals surface area contributed by atoms with Gasteiger partial charge in [-0.05, 0) is 24.6 Å². The van der Waals surface area contributed by atoms with E-state index in [1.807, 2.05) is 25.1 Å². The Balaban J connectivity index is 2.26. The zero-order chi connectivity index (χ0) is 12.3. The molecule has 1 aromatic carbocycles. The Labute approximate surface area is 106 Å². The molecule has 0 aliphatic carbocycles. The van der Waals surface area contributed by atoms with Crippen molar-refractivity contribution in [3.05, 3.63) is 34.8 Å². The Hall–Kier alpha value is -1.60. The van der Waals surface area contributed by atoms with Crippen LogP contribution in [0, 0.1) is 6.92 Å². The normalized spacial score (nSPS) is 11.7. The average Bonchev–Trinajstić information content (AvgIpc) is 2.83. The Bertz CT molecular complexity index is 539. The highest BCUT2D eigenvalue weighted by Gasteiger charge is 2.06. The number of nitrogens with zero attached hydrogens (tertiary/aromatic N) is 3. The van der Waals surface area contributed by atoms with E-state index in [0.717, 1.165) is 14.8 Å². The van der Waals surface area contributed by atoms with Crippen molar-refractivity contribution in [2.24, 2.45) is 10.9 Å². The number of oxime groups is 1. The lowest BCUT2D eigenvalue weighted by Crippen LogP contribution is -2.13.